The minimum atomic E-state index is 0.187. The highest BCUT2D eigenvalue weighted by atomic mass is 79.9. The molecule has 1 heterocycles. The van der Waals surface area contributed by atoms with E-state index >= 15 is 0 Å². The minimum Gasteiger partial charge on any atom is -0.383 e. The van der Waals surface area contributed by atoms with Crippen LogP contribution in [-0.2, 0) is 6.42 Å². The molecule has 2 N–H and O–H groups in total. The number of nitrogen functional groups attached to an aromatic ring is 1. The zero-order chi connectivity index (χ0) is 10.9. The molecule has 1 aromatic rings. The summed E-state index contributed by atoms with van der Waals surface area (Å²) in [5.41, 5.74) is 6.83. The van der Waals surface area contributed by atoms with Crippen LogP contribution in [-0.4, -0.2) is 9.97 Å². The van der Waals surface area contributed by atoms with Crippen LogP contribution in [0.1, 0.15) is 32.3 Å². The van der Waals surface area contributed by atoms with Crippen LogP contribution in [0.25, 0.3) is 0 Å². The molecule has 0 aliphatic heterocycles. The molecule has 0 unspecified atom stereocenters. The zero-order valence-corrected chi connectivity index (χ0v) is 10.6. The van der Waals surface area contributed by atoms with E-state index in [9.17, 15) is 0 Å². The normalized spacial score (nSPS) is 11.8. The predicted octanol–water partition coefficient (Wildman–Crippen LogP) is 2.72. The highest BCUT2D eigenvalue weighted by molar-refractivity contribution is 9.10. The van der Waals surface area contributed by atoms with E-state index < -0.39 is 0 Å². The van der Waals surface area contributed by atoms with Gasteiger partial charge in [-0.25, -0.2) is 9.97 Å². The molecule has 0 aliphatic rings. The number of anilines is 1. The molecule has 14 heavy (non-hydrogen) atoms. The van der Waals surface area contributed by atoms with Gasteiger partial charge in [-0.1, -0.05) is 20.8 Å². The molecule has 0 saturated heterocycles. The Balaban J connectivity index is 3.02. The topological polar surface area (TPSA) is 51.8 Å². The maximum Gasteiger partial charge on any atom is 0.141 e. The van der Waals surface area contributed by atoms with Crippen molar-refractivity contribution in [3.8, 4) is 0 Å². The molecule has 1 aromatic heterocycles. The van der Waals surface area contributed by atoms with Crippen molar-refractivity contribution in [2.45, 2.75) is 34.1 Å². The van der Waals surface area contributed by atoms with Crippen molar-refractivity contribution >= 4 is 21.7 Å². The summed E-state index contributed by atoms with van der Waals surface area (Å²) in [6, 6.07) is 0. The monoisotopic (exact) mass is 257 g/mol. The van der Waals surface area contributed by atoms with E-state index in [1.54, 1.807) is 0 Å². The van der Waals surface area contributed by atoms with E-state index in [1.807, 2.05) is 6.92 Å². The second-order valence-electron chi connectivity index (χ2n) is 4.66. The lowest BCUT2D eigenvalue weighted by atomic mass is 9.92. The highest BCUT2D eigenvalue weighted by Crippen LogP contribution is 2.23. The minimum absolute atomic E-state index is 0.187. The van der Waals surface area contributed by atoms with Crippen LogP contribution >= 0.6 is 15.9 Å². The number of hydrogen-bond acceptors (Lipinski definition) is 3. The van der Waals surface area contributed by atoms with Crippen LogP contribution in [0.2, 0.25) is 0 Å². The Kier molecular flexibility index (Phi) is 3.14. The first-order valence-electron chi connectivity index (χ1n) is 4.58. The second kappa shape index (κ2) is 3.85. The molecular formula is C10H16BrN3. The fourth-order valence-electron chi connectivity index (χ4n) is 1.19. The molecule has 1 rings (SSSR count). The van der Waals surface area contributed by atoms with E-state index in [1.165, 1.54) is 0 Å². The molecule has 0 aliphatic carbocycles. The van der Waals surface area contributed by atoms with Crippen LogP contribution in [0, 0.1) is 12.3 Å². The van der Waals surface area contributed by atoms with Gasteiger partial charge < -0.3 is 5.73 Å². The Morgan fingerprint density at radius 3 is 2.29 bits per heavy atom. The average molecular weight is 258 g/mol. The van der Waals surface area contributed by atoms with E-state index in [2.05, 4.69) is 46.7 Å². The Hall–Kier alpha value is -0.640. The molecule has 78 valence electrons. The molecule has 0 amide bonds. The summed E-state index contributed by atoms with van der Waals surface area (Å²) >= 11 is 3.34. The number of rotatable bonds is 1. The number of aromatic nitrogens is 2. The van der Waals surface area contributed by atoms with Crippen molar-refractivity contribution in [2.75, 3.05) is 5.73 Å². The smallest absolute Gasteiger partial charge is 0.141 e. The number of hydrogen-bond donors (Lipinski definition) is 1. The fraction of sp³-hybridized carbons (Fsp3) is 0.600. The van der Waals surface area contributed by atoms with Crippen LogP contribution < -0.4 is 5.73 Å². The molecule has 4 heteroatoms. The third kappa shape index (κ3) is 2.94. The third-order valence-electron chi connectivity index (χ3n) is 1.78. The number of aryl methyl sites for hydroxylation is 1. The van der Waals surface area contributed by atoms with Gasteiger partial charge in [0.25, 0.3) is 0 Å². The summed E-state index contributed by atoms with van der Waals surface area (Å²) in [4.78, 5) is 8.62. The lowest BCUT2D eigenvalue weighted by Gasteiger charge is -2.17. The lowest BCUT2D eigenvalue weighted by Crippen LogP contribution is -2.13. The molecule has 0 atom stereocenters. The van der Waals surface area contributed by atoms with Gasteiger partial charge in [0, 0.05) is 6.42 Å². The summed E-state index contributed by atoms with van der Waals surface area (Å²) < 4.78 is 0.801. The van der Waals surface area contributed by atoms with E-state index in [-0.39, 0.29) is 5.41 Å². The first kappa shape index (κ1) is 11.4. The van der Waals surface area contributed by atoms with Gasteiger partial charge in [0.05, 0.1) is 10.2 Å². The fourth-order valence-corrected chi connectivity index (χ4v) is 1.37. The maximum absolute atomic E-state index is 5.74. The Morgan fingerprint density at radius 2 is 1.86 bits per heavy atom. The molecular weight excluding hydrogens is 242 g/mol. The summed E-state index contributed by atoms with van der Waals surface area (Å²) in [5, 5.41) is 0. The Bertz CT molecular complexity index is 319. The average Bonchev–Trinajstić information content (AvgIpc) is 1.96. The Labute approximate surface area is 93.3 Å². The van der Waals surface area contributed by atoms with Gasteiger partial charge in [-0.15, -0.1) is 0 Å². The molecule has 0 fully saturated rings. The van der Waals surface area contributed by atoms with Gasteiger partial charge >= 0.3 is 0 Å². The van der Waals surface area contributed by atoms with E-state index in [0.29, 0.717) is 5.82 Å². The molecule has 0 aromatic carbocycles. The highest BCUT2D eigenvalue weighted by Gasteiger charge is 2.15. The van der Waals surface area contributed by atoms with Gasteiger partial charge in [0.15, 0.2) is 0 Å². The van der Waals surface area contributed by atoms with Crippen LogP contribution in [0.4, 0.5) is 5.82 Å². The molecule has 0 radical (unpaired) electrons. The summed E-state index contributed by atoms with van der Waals surface area (Å²) in [6.45, 7) is 8.39. The predicted molar refractivity (Wildman–Crippen MR) is 62.0 cm³/mol. The van der Waals surface area contributed by atoms with Crippen molar-refractivity contribution in [3.63, 3.8) is 0 Å². The number of nitrogens with two attached hydrogens (primary N) is 1. The number of halogens is 1. The quantitative estimate of drug-likeness (QED) is 0.842. The summed E-state index contributed by atoms with van der Waals surface area (Å²) in [7, 11) is 0. The maximum atomic E-state index is 5.74. The second-order valence-corrected chi connectivity index (χ2v) is 5.45. The largest absolute Gasteiger partial charge is 0.383 e. The molecule has 3 nitrogen and oxygen atoms in total. The third-order valence-corrected chi connectivity index (χ3v) is 2.76. The zero-order valence-electron chi connectivity index (χ0n) is 9.06. The molecule has 0 bridgehead atoms. The van der Waals surface area contributed by atoms with Crippen LogP contribution in [0.3, 0.4) is 0 Å². The molecule has 0 spiro atoms. The van der Waals surface area contributed by atoms with Gasteiger partial charge in [0.2, 0.25) is 0 Å². The van der Waals surface area contributed by atoms with Gasteiger partial charge in [-0.2, -0.15) is 0 Å². The van der Waals surface area contributed by atoms with Crippen molar-refractivity contribution in [1.82, 2.24) is 9.97 Å². The standard InChI is InChI=1S/C10H16BrN3/c1-6-8(11)9(12)14-7(13-6)5-10(2,3)4/h5H2,1-4H3,(H2,12,13,14). The summed E-state index contributed by atoms with van der Waals surface area (Å²) in [6.07, 6.45) is 0.839. The van der Waals surface area contributed by atoms with Crippen LogP contribution in [0.5, 0.6) is 0 Å². The number of nitrogens with zero attached hydrogens (tertiary/aromatic N) is 2. The van der Waals surface area contributed by atoms with E-state index in [0.717, 1.165) is 22.4 Å². The van der Waals surface area contributed by atoms with Crippen molar-refractivity contribution in [3.05, 3.63) is 16.0 Å². The van der Waals surface area contributed by atoms with E-state index in [4.69, 9.17) is 5.73 Å². The Morgan fingerprint density at radius 1 is 1.29 bits per heavy atom. The first-order valence-corrected chi connectivity index (χ1v) is 5.37. The lowest BCUT2D eigenvalue weighted by molar-refractivity contribution is 0.400. The van der Waals surface area contributed by atoms with Gasteiger partial charge in [0.1, 0.15) is 11.6 Å². The summed E-state index contributed by atoms with van der Waals surface area (Å²) in [5.74, 6) is 1.34. The van der Waals surface area contributed by atoms with Crippen molar-refractivity contribution in [2.24, 2.45) is 5.41 Å². The molecule has 0 saturated carbocycles. The van der Waals surface area contributed by atoms with Crippen LogP contribution in [0.15, 0.2) is 4.47 Å². The van der Waals surface area contributed by atoms with Crippen molar-refractivity contribution < 1.29 is 0 Å². The first-order chi connectivity index (χ1) is 6.29. The van der Waals surface area contributed by atoms with Crippen molar-refractivity contribution in [1.29, 1.82) is 0 Å². The van der Waals surface area contributed by atoms with Gasteiger partial charge in [-0.3, -0.25) is 0 Å². The van der Waals surface area contributed by atoms with Gasteiger partial charge in [-0.05, 0) is 28.3 Å². The SMILES string of the molecule is Cc1nc(CC(C)(C)C)nc(N)c1Br.